The summed E-state index contributed by atoms with van der Waals surface area (Å²) >= 11 is 1.63. The minimum Gasteiger partial charge on any atom is -0.265 e. The maximum atomic E-state index is 11.7. The molecule has 2 aromatic rings. The van der Waals surface area contributed by atoms with Crippen LogP contribution in [-0.2, 0) is 10.8 Å². The molecular formula is C11H9NOS2. The Morgan fingerprint density at radius 2 is 2.07 bits per heavy atom. The molecule has 0 bridgehead atoms. The average molecular weight is 235 g/mol. The van der Waals surface area contributed by atoms with Crippen LogP contribution >= 0.6 is 11.3 Å². The summed E-state index contributed by atoms with van der Waals surface area (Å²) in [5, 5.41) is 3.69. The predicted molar refractivity (Wildman–Crippen MR) is 64.0 cm³/mol. The van der Waals surface area contributed by atoms with Crippen molar-refractivity contribution in [2.75, 3.05) is 0 Å². The molecule has 4 heteroatoms. The topological polar surface area (TPSA) is 30.0 Å². The van der Waals surface area contributed by atoms with E-state index in [0.717, 1.165) is 9.77 Å². The van der Waals surface area contributed by atoms with Crippen molar-refractivity contribution in [3.8, 4) is 0 Å². The Bertz CT molecular complexity index is 463. The van der Waals surface area contributed by atoms with Crippen molar-refractivity contribution in [3.05, 3.63) is 52.3 Å². The van der Waals surface area contributed by atoms with Gasteiger partial charge >= 0.3 is 0 Å². The van der Waals surface area contributed by atoms with Gasteiger partial charge in [-0.25, -0.2) is 4.21 Å². The van der Waals surface area contributed by atoms with Gasteiger partial charge in [0.05, 0.1) is 10.8 Å². The van der Waals surface area contributed by atoms with Crippen LogP contribution in [0.1, 0.15) is 4.88 Å². The molecule has 2 aromatic heterocycles. The lowest BCUT2D eigenvalue weighted by molar-refractivity contribution is 0.688. The summed E-state index contributed by atoms with van der Waals surface area (Å²) in [4.78, 5) is 5.77. The minimum atomic E-state index is -1.08. The Morgan fingerprint density at radius 1 is 1.27 bits per heavy atom. The molecule has 0 N–H and O–H groups in total. The summed E-state index contributed by atoms with van der Waals surface area (Å²) in [7, 11) is -1.08. The molecule has 0 aromatic carbocycles. The summed E-state index contributed by atoms with van der Waals surface area (Å²) < 4.78 is 11.7. The molecule has 0 amide bonds. The van der Waals surface area contributed by atoms with Crippen LogP contribution in [0.2, 0.25) is 0 Å². The van der Waals surface area contributed by atoms with Gasteiger partial charge in [-0.2, -0.15) is 0 Å². The van der Waals surface area contributed by atoms with Gasteiger partial charge in [-0.15, -0.1) is 11.3 Å². The average Bonchev–Trinajstić information content (AvgIpc) is 2.80. The van der Waals surface area contributed by atoms with Crippen LogP contribution in [0.4, 0.5) is 0 Å². The van der Waals surface area contributed by atoms with Crippen molar-refractivity contribution in [1.29, 1.82) is 0 Å². The molecule has 0 aliphatic carbocycles. The van der Waals surface area contributed by atoms with E-state index < -0.39 is 10.8 Å². The maximum Gasteiger partial charge on any atom is 0.0777 e. The lowest BCUT2D eigenvalue weighted by Crippen LogP contribution is -1.85. The van der Waals surface area contributed by atoms with Crippen LogP contribution in [-0.4, -0.2) is 9.19 Å². The number of aromatic nitrogens is 1. The molecule has 1 atom stereocenters. The molecule has 0 saturated carbocycles. The van der Waals surface area contributed by atoms with Crippen LogP contribution in [0.25, 0.3) is 6.08 Å². The van der Waals surface area contributed by atoms with E-state index in [0.29, 0.717) is 0 Å². The fourth-order valence-electron chi connectivity index (χ4n) is 1.07. The first-order valence-electron chi connectivity index (χ1n) is 4.38. The molecule has 0 radical (unpaired) electrons. The quantitative estimate of drug-likeness (QED) is 0.818. The molecule has 0 spiro atoms. The zero-order valence-electron chi connectivity index (χ0n) is 7.87. The molecule has 76 valence electrons. The van der Waals surface area contributed by atoms with Gasteiger partial charge in [0.1, 0.15) is 0 Å². The van der Waals surface area contributed by atoms with E-state index >= 15 is 0 Å². The van der Waals surface area contributed by atoms with Gasteiger partial charge in [-0.05, 0) is 29.7 Å². The molecule has 2 nitrogen and oxygen atoms in total. The molecule has 0 fully saturated rings. The van der Waals surface area contributed by atoms with Gasteiger partial charge in [0.2, 0.25) is 0 Å². The van der Waals surface area contributed by atoms with Crippen molar-refractivity contribution in [2.24, 2.45) is 0 Å². The molecule has 1 unspecified atom stereocenters. The molecular weight excluding hydrogens is 226 g/mol. The Labute approximate surface area is 94.8 Å². The van der Waals surface area contributed by atoms with E-state index in [1.807, 2.05) is 23.6 Å². The van der Waals surface area contributed by atoms with E-state index in [4.69, 9.17) is 0 Å². The SMILES string of the molecule is O=S(/C=C/c1cccs1)c1ccncc1. The fourth-order valence-corrected chi connectivity index (χ4v) is 2.59. The van der Waals surface area contributed by atoms with Crippen LogP contribution < -0.4 is 0 Å². The van der Waals surface area contributed by atoms with Crippen LogP contribution in [0, 0.1) is 0 Å². The number of nitrogens with zero attached hydrogens (tertiary/aromatic N) is 1. The highest BCUT2D eigenvalue weighted by atomic mass is 32.2. The summed E-state index contributed by atoms with van der Waals surface area (Å²) in [6.07, 6.45) is 5.17. The van der Waals surface area contributed by atoms with Gasteiger partial charge in [0.25, 0.3) is 0 Å². The minimum absolute atomic E-state index is 0.776. The standard InChI is InChI=1S/C11H9NOS2/c13-15(11-3-6-12-7-4-11)9-5-10-2-1-8-14-10/h1-9H/b9-5+. The first kappa shape index (κ1) is 10.3. The normalized spacial score (nSPS) is 13.1. The fraction of sp³-hybridized carbons (Fsp3) is 0. The predicted octanol–water partition coefficient (Wildman–Crippen LogP) is 2.92. The zero-order chi connectivity index (χ0) is 10.5. The number of hydrogen-bond acceptors (Lipinski definition) is 3. The Kier molecular flexibility index (Phi) is 3.42. The Hall–Kier alpha value is -1.26. The largest absolute Gasteiger partial charge is 0.265 e. The van der Waals surface area contributed by atoms with Crippen molar-refractivity contribution in [1.82, 2.24) is 4.98 Å². The Morgan fingerprint density at radius 3 is 2.73 bits per heavy atom. The van der Waals surface area contributed by atoms with Gasteiger partial charge in [-0.1, -0.05) is 6.07 Å². The summed E-state index contributed by atoms with van der Waals surface area (Å²) in [6.45, 7) is 0. The zero-order valence-corrected chi connectivity index (χ0v) is 9.50. The van der Waals surface area contributed by atoms with Gasteiger partial charge < -0.3 is 0 Å². The second-order valence-corrected chi connectivity index (χ2v) is 5.12. The molecule has 15 heavy (non-hydrogen) atoms. The van der Waals surface area contributed by atoms with E-state index in [1.165, 1.54) is 0 Å². The number of thiophene rings is 1. The number of hydrogen-bond donors (Lipinski definition) is 0. The van der Waals surface area contributed by atoms with Crippen molar-refractivity contribution >= 4 is 28.2 Å². The summed E-state index contributed by atoms with van der Waals surface area (Å²) in [5.74, 6) is 0. The van der Waals surface area contributed by atoms with Gasteiger partial charge in [-0.3, -0.25) is 4.98 Å². The molecule has 0 aliphatic rings. The number of pyridine rings is 1. The van der Waals surface area contributed by atoms with Gasteiger partial charge in [0.15, 0.2) is 0 Å². The van der Waals surface area contributed by atoms with Crippen LogP contribution in [0.5, 0.6) is 0 Å². The first-order valence-corrected chi connectivity index (χ1v) is 6.48. The highest BCUT2D eigenvalue weighted by molar-refractivity contribution is 7.88. The maximum absolute atomic E-state index is 11.7. The lowest BCUT2D eigenvalue weighted by Gasteiger charge is -1.93. The van der Waals surface area contributed by atoms with E-state index in [9.17, 15) is 4.21 Å². The lowest BCUT2D eigenvalue weighted by atomic mass is 10.5. The number of rotatable bonds is 3. The first-order chi connectivity index (χ1) is 7.36. The molecule has 0 aliphatic heterocycles. The summed E-state index contributed by atoms with van der Waals surface area (Å²) in [6, 6.07) is 7.48. The van der Waals surface area contributed by atoms with Crippen molar-refractivity contribution in [3.63, 3.8) is 0 Å². The van der Waals surface area contributed by atoms with E-state index in [2.05, 4.69) is 4.98 Å². The molecule has 2 rings (SSSR count). The monoisotopic (exact) mass is 235 g/mol. The van der Waals surface area contributed by atoms with E-state index in [1.54, 1.807) is 41.3 Å². The third-order valence-electron chi connectivity index (χ3n) is 1.78. The van der Waals surface area contributed by atoms with Gasteiger partial charge in [0, 0.05) is 27.6 Å². The van der Waals surface area contributed by atoms with Crippen LogP contribution in [0.15, 0.2) is 52.3 Å². The highest BCUT2D eigenvalue weighted by Gasteiger charge is 1.97. The summed E-state index contributed by atoms with van der Waals surface area (Å²) in [5.41, 5.74) is 0. The second-order valence-electron chi connectivity index (χ2n) is 2.80. The highest BCUT2D eigenvalue weighted by Crippen LogP contribution is 2.12. The molecule has 2 heterocycles. The van der Waals surface area contributed by atoms with Crippen molar-refractivity contribution < 1.29 is 4.21 Å². The molecule has 0 saturated heterocycles. The third-order valence-corrected chi connectivity index (χ3v) is 3.74. The third kappa shape index (κ3) is 2.84. The second kappa shape index (κ2) is 5.00. The Balaban J connectivity index is 2.11. The van der Waals surface area contributed by atoms with Crippen LogP contribution in [0.3, 0.4) is 0 Å². The smallest absolute Gasteiger partial charge is 0.0777 e. The van der Waals surface area contributed by atoms with Crippen molar-refractivity contribution in [2.45, 2.75) is 4.90 Å². The van der Waals surface area contributed by atoms with E-state index in [-0.39, 0.29) is 0 Å².